The van der Waals surface area contributed by atoms with E-state index in [0.717, 1.165) is 35.7 Å². The number of hydrogen-bond donors (Lipinski definition) is 1. The van der Waals surface area contributed by atoms with E-state index in [0.29, 0.717) is 22.9 Å². The smallest absolute Gasteiger partial charge is 0.344 e. The van der Waals surface area contributed by atoms with Crippen molar-refractivity contribution in [3.63, 3.8) is 0 Å². The monoisotopic (exact) mass is 366 g/mol. The predicted octanol–water partition coefficient (Wildman–Crippen LogP) is 2.97. The van der Waals surface area contributed by atoms with Crippen molar-refractivity contribution >= 4 is 32.8 Å². The van der Waals surface area contributed by atoms with Gasteiger partial charge in [-0.15, -0.1) is 11.3 Å². The Bertz CT molecular complexity index is 1130. The number of piperazine rings is 1. The van der Waals surface area contributed by atoms with Crippen LogP contribution in [0.4, 0.5) is 5.69 Å². The molecule has 132 valence electrons. The zero-order chi connectivity index (χ0) is 17.7. The summed E-state index contributed by atoms with van der Waals surface area (Å²) in [5.41, 5.74) is 1.42. The number of nitrogens with one attached hydrogen (secondary N) is 1. The molecule has 6 nitrogen and oxygen atoms in total. The van der Waals surface area contributed by atoms with Crippen LogP contribution in [0.25, 0.3) is 27.2 Å². The van der Waals surface area contributed by atoms with E-state index in [1.165, 1.54) is 0 Å². The SMILES string of the molecule is C[C@H]1CN(c2ccc3cc(-c4cn5ccsc5n4)oc(=O)c3c2)CCN1. The normalized spacial score (nSPS) is 18.0. The Kier molecular flexibility index (Phi) is 3.58. The van der Waals surface area contributed by atoms with E-state index < -0.39 is 0 Å². The third kappa shape index (κ3) is 2.60. The van der Waals surface area contributed by atoms with E-state index in [-0.39, 0.29) is 5.63 Å². The van der Waals surface area contributed by atoms with Crippen molar-refractivity contribution in [2.45, 2.75) is 13.0 Å². The first-order valence-corrected chi connectivity index (χ1v) is 9.54. The van der Waals surface area contributed by atoms with E-state index in [9.17, 15) is 4.79 Å². The van der Waals surface area contributed by atoms with Crippen molar-refractivity contribution in [1.82, 2.24) is 14.7 Å². The molecule has 1 saturated heterocycles. The number of nitrogens with zero attached hydrogens (tertiary/aromatic N) is 3. The Labute approximate surface area is 153 Å². The van der Waals surface area contributed by atoms with Gasteiger partial charge < -0.3 is 14.6 Å². The lowest BCUT2D eigenvalue weighted by Gasteiger charge is -2.33. The summed E-state index contributed by atoms with van der Waals surface area (Å²) >= 11 is 1.55. The van der Waals surface area contributed by atoms with E-state index in [4.69, 9.17) is 4.42 Å². The van der Waals surface area contributed by atoms with Crippen LogP contribution in [0.1, 0.15) is 6.92 Å². The highest BCUT2D eigenvalue weighted by atomic mass is 32.1. The van der Waals surface area contributed by atoms with Crippen LogP contribution in [0.2, 0.25) is 0 Å². The van der Waals surface area contributed by atoms with Gasteiger partial charge >= 0.3 is 5.63 Å². The van der Waals surface area contributed by atoms with E-state index in [2.05, 4.69) is 28.2 Å². The maximum absolute atomic E-state index is 12.6. The fourth-order valence-electron chi connectivity index (χ4n) is 3.51. The van der Waals surface area contributed by atoms with Crippen LogP contribution in [0.3, 0.4) is 0 Å². The summed E-state index contributed by atoms with van der Waals surface area (Å²) in [6.07, 6.45) is 3.82. The molecule has 5 rings (SSSR count). The van der Waals surface area contributed by atoms with E-state index in [1.807, 2.05) is 40.4 Å². The lowest BCUT2D eigenvalue weighted by molar-refractivity contribution is 0.485. The van der Waals surface area contributed by atoms with Gasteiger partial charge in [0.05, 0.1) is 5.39 Å². The Morgan fingerprint density at radius 1 is 1.35 bits per heavy atom. The molecule has 0 unspecified atom stereocenters. The summed E-state index contributed by atoms with van der Waals surface area (Å²) in [5.74, 6) is 0.502. The second-order valence-electron chi connectivity index (χ2n) is 6.69. The maximum atomic E-state index is 12.6. The van der Waals surface area contributed by atoms with Crippen LogP contribution in [0.5, 0.6) is 0 Å². The van der Waals surface area contributed by atoms with Gasteiger partial charge in [-0.3, -0.25) is 4.40 Å². The minimum absolute atomic E-state index is 0.320. The van der Waals surface area contributed by atoms with Crippen LogP contribution < -0.4 is 15.8 Å². The fourth-order valence-corrected chi connectivity index (χ4v) is 4.21. The molecular formula is C19H18N4O2S. The van der Waals surface area contributed by atoms with Crippen LogP contribution in [0.15, 0.2) is 51.3 Å². The largest absolute Gasteiger partial charge is 0.421 e. The molecule has 7 heteroatoms. The minimum atomic E-state index is -0.320. The second kappa shape index (κ2) is 5.96. The van der Waals surface area contributed by atoms with Gasteiger partial charge in [0.15, 0.2) is 10.7 Å². The number of benzene rings is 1. The summed E-state index contributed by atoms with van der Waals surface area (Å²) in [4.78, 5) is 20.3. The van der Waals surface area contributed by atoms with Gasteiger partial charge in [-0.05, 0) is 30.5 Å². The number of aromatic nitrogens is 2. The topological polar surface area (TPSA) is 62.8 Å². The third-order valence-electron chi connectivity index (χ3n) is 4.83. The van der Waals surface area contributed by atoms with Gasteiger partial charge in [-0.2, -0.15) is 0 Å². The fraction of sp³-hybridized carbons (Fsp3) is 0.263. The summed E-state index contributed by atoms with van der Waals surface area (Å²) in [6.45, 7) is 4.98. The van der Waals surface area contributed by atoms with Crippen molar-refractivity contribution in [3.05, 3.63) is 52.5 Å². The minimum Gasteiger partial charge on any atom is -0.421 e. The van der Waals surface area contributed by atoms with Crippen molar-refractivity contribution < 1.29 is 4.42 Å². The number of hydrogen-bond acceptors (Lipinski definition) is 6. The van der Waals surface area contributed by atoms with Gasteiger partial charge in [-0.25, -0.2) is 9.78 Å². The number of rotatable bonds is 2. The average molecular weight is 366 g/mol. The molecule has 0 radical (unpaired) electrons. The first-order valence-electron chi connectivity index (χ1n) is 8.66. The zero-order valence-electron chi connectivity index (χ0n) is 14.3. The first-order chi connectivity index (χ1) is 12.7. The molecule has 1 aliphatic rings. The second-order valence-corrected chi connectivity index (χ2v) is 7.56. The Hall–Kier alpha value is -2.64. The van der Waals surface area contributed by atoms with Crippen molar-refractivity contribution in [1.29, 1.82) is 0 Å². The van der Waals surface area contributed by atoms with E-state index >= 15 is 0 Å². The van der Waals surface area contributed by atoms with Crippen LogP contribution in [-0.4, -0.2) is 35.1 Å². The van der Waals surface area contributed by atoms with Crippen LogP contribution in [0, 0.1) is 0 Å². The molecule has 0 amide bonds. The molecule has 4 heterocycles. The summed E-state index contributed by atoms with van der Waals surface area (Å²) < 4.78 is 7.51. The molecule has 1 aliphatic heterocycles. The average Bonchev–Trinajstić information content (AvgIpc) is 3.23. The summed E-state index contributed by atoms with van der Waals surface area (Å²) in [7, 11) is 0. The molecule has 3 aromatic heterocycles. The Morgan fingerprint density at radius 2 is 2.27 bits per heavy atom. The quantitative estimate of drug-likeness (QED) is 0.591. The molecule has 1 aromatic carbocycles. The van der Waals surface area contributed by atoms with Gasteiger partial charge in [0.25, 0.3) is 0 Å². The molecular weight excluding hydrogens is 348 g/mol. The highest BCUT2D eigenvalue weighted by Crippen LogP contribution is 2.26. The standard InChI is InChI=1S/C19H18N4O2S/c1-12-10-22(5-4-20-12)14-3-2-13-8-17(25-18(24)15(13)9-14)16-11-23-6-7-26-19(23)21-16/h2-3,6-9,11-12,20H,4-5,10H2,1H3/t12-/m0/s1. The molecule has 0 bridgehead atoms. The predicted molar refractivity (Wildman–Crippen MR) is 104 cm³/mol. The highest BCUT2D eigenvalue weighted by Gasteiger charge is 2.17. The molecule has 0 aliphatic carbocycles. The lowest BCUT2D eigenvalue weighted by atomic mass is 10.1. The Morgan fingerprint density at radius 3 is 3.12 bits per heavy atom. The first kappa shape index (κ1) is 15.6. The number of thiazole rings is 1. The summed E-state index contributed by atoms with van der Waals surface area (Å²) in [6, 6.07) is 8.35. The van der Waals surface area contributed by atoms with Crippen molar-refractivity contribution in [3.8, 4) is 11.5 Å². The summed E-state index contributed by atoms with van der Waals surface area (Å²) in [5, 5.41) is 6.89. The van der Waals surface area contributed by atoms with Gasteiger partial charge in [0.1, 0.15) is 5.69 Å². The lowest BCUT2D eigenvalue weighted by Crippen LogP contribution is -2.49. The molecule has 0 spiro atoms. The molecule has 26 heavy (non-hydrogen) atoms. The molecule has 1 fully saturated rings. The number of anilines is 1. The van der Waals surface area contributed by atoms with Crippen molar-refractivity contribution in [2.24, 2.45) is 0 Å². The number of imidazole rings is 1. The number of fused-ring (bicyclic) bond motifs is 2. The van der Waals surface area contributed by atoms with Crippen LogP contribution in [-0.2, 0) is 0 Å². The Balaban J connectivity index is 1.57. The van der Waals surface area contributed by atoms with Gasteiger partial charge in [0.2, 0.25) is 0 Å². The van der Waals surface area contributed by atoms with Gasteiger partial charge in [0, 0.05) is 49.1 Å². The maximum Gasteiger partial charge on any atom is 0.344 e. The third-order valence-corrected chi connectivity index (χ3v) is 5.60. The van der Waals surface area contributed by atoms with Gasteiger partial charge in [-0.1, -0.05) is 6.07 Å². The van der Waals surface area contributed by atoms with Crippen molar-refractivity contribution in [2.75, 3.05) is 24.5 Å². The van der Waals surface area contributed by atoms with Crippen LogP contribution >= 0.6 is 11.3 Å². The van der Waals surface area contributed by atoms with E-state index in [1.54, 1.807) is 11.3 Å². The molecule has 1 atom stereocenters. The molecule has 1 N–H and O–H groups in total. The molecule has 0 saturated carbocycles. The highest BCUT2D eigenvalue weighted by molar-refractivity contribution is 7.15. The zero-order valence-corrected chi connectivity index (χ0v) is 15.1. The molecule has 4 aromatic rings.